The molecule has 2 heterocycles. The molecule has 21 heavy (non-hydrogen) atoms. The lowest BCUT2D eigenvalue weighted by molar-refractivity contribution is -0.00000465. The van der Waals surface area contributed by atoms with Gasteiger partial charge in [0.25, 0.3) is 0 Å². The molecular formula is C15H27ClN5-. The van der Waals surface area contributed by atoms with Crippen molar-refractivity contribution in [1.29, 1.82) is 0 Å². The Morgan fingerprint density at radius 2 is 1.67 bits per heavy atom. The van der Waals surface area contributed by atoms with Crippen LogP contribution in [0.4, 0.5) is 0 Å². The standard InChI is InChI=1S/C15H27N5.ClH/c1-12(2)14(19-10-6-3-7-11-19)15-16-17-18-20(15)13-8-4-5-9-13;/h12-14H,3-11H2,1-2H3;1H/p-1. The van der Waals surface area contributed by atoms with Crippen LogP contribution in [-0.2, 0) is 0 Å². The molecule has 5 nitrogen and oxygen atoms in total. The van der Waals surface area contributed by atoms with Gasteiger partial charge in [-0.25, -0.2) is 4.68 Å². The number of halogens is 1. The summed E-state index contributed by atoms with van der Waals surface area (Å²) in [5.74, 6) is 1.66. The zero-order chi connectivity index (χ0) is 13.9. The quantitative estimate of drug-likeness (QED) is 0.784. The summed E-state index contributed by atoms with van der Waals surface area (Å²) in [5, 5.41) is 12.7. The zero-order valence-electron chi connectivity index (χ0n) is 13.2. The minimum absolute atomic E-state index is 0. The smallest absolute Gasteiger partial charge is 0.168 e. The Hall–Kier alpha value is -0.680. The van der Waals surface area contributed by atoms with E-state index in [0.29, 0.717) is 18.0 Å². The van der Waals surface area contributed by atoms with Crippen molar-refractivity contribution < 1.29 is 12.4 Å². The number of aromatic nitrogens is 4. The van der Waals surface area contributed by atoms with Crippen LogP contribution in [0.25, 0.3) is 0 Å². The van der Waals surface area contributed by atoms with Crippen LogP contribution in [0.5, 0.6) is 0 Å². The molecule has 1 aromatic heterocycles. The summed E-state index contributed by atoms with van der Waals surface area (Å²) >= 11 is 0. The molecule has 6 heteroatoms. The lowest BCUT2D eigenvalue weighted by Crippen LogP contribution is -3.00. The Morgan fingerprint density at radius 1 is 1.00 bits per heavy atom. The van der Waals surface area contributed by atoms with Gasteiger partial charge in [-0.15, -0.1) is 5.10 Å². The van der Waals surface area contributed by atoms with Crippen LogP contribution in [0.2, 0.25) is 0 Å². The van der Waals surface area contributed by atoms with E-state index in [0.717, 1.165) is 5.82 Å². The van der Waals surface area contributed by atoms with Crippen molar-refractivity contribution in [3.8, 4) is 0 Å². The van der Waals surface area contributed by atoms with E-state index in [9.17, 15) is 0 Å². The first-order valence-corrected chi connectivity index (χ1v) is 8.29. The maximum absolute atomic E-state index is 4.42. The van der Waals surface area contributed by atoms with Crippen LogP contribution in [0.1, 0.15) is 76.7 Å². The van der Waals surface area contributed by atoms with E-state index >= 15 is 0 Å². The van der Waals surface area contributed by atoms with Crippen LogP contribution in [0.15, 0.2) is 0 Å². The minimum atomic E-state index is 0. The summed E-state index contributed by atoms with van der Waals surface area (Å²) in [7, 11) is 0. The van der Waals surface area contributed by atoms with Crippen molar-refractivity contribution in [1.82, 2.24) is 25.1 Å². The van der Waals surface area contributed by atoms with Crippen molar-refractivity contribution in [2.75, 3.05) is 13.1 Å². The maximum atomic E-state index is 4.42. The van der Waals surface area contributed by atoms with Gasteiger partial charge in [-0.05, 0) is 55.1 Å². The van der Waals surface area contributed by atoms with Crippen LogP contribution in [0.3, 0.4) is 0 Å². The second-order valence-corrected chi connectivity index (χ2v) is 6.71. The van der Waals surface area contributed by atoms with Crippen molar-refractivity contribution in [3.63, 3.8) is 0 Å². The average Bonchev–Trinajstić information content (AvgIpc) is 3.09. The number of hydrogen-bond acceptors (Lipinski definition) is 4. The van der Waals surface area contributed by atoms with Crippen molar-refractivity contribution in [2.24, 2.45) is 5.92 Å². The van der Waals surface area contributed by atoms with Gasteiger partial charge < -0.3 is 12.4 Å². The van der Waals surface area contributed by atoms with Crippen LogP contribution in [-0.4, -0.2) is 38.2 Å². The number of tetrazole rings is 1. The molecule has 1 aromatic rings. The predicted octanol–water partition coefficient (Wildman–Crippen LogP) is -0.0248. The second kappa shape index (κ2) is 7.54. The predicted molar refractivity (Wildman–Crippen MR) is 78.3 cm³/mol. The summed E-state index contributed by atoms with van der Waals surface area (Å²) in [6.45, 7) is 6.99. The molecule has 0 N–H and O–H groups in total. The summed E-state index contributed by atoms with van der Waals surface area (Å²) in [6, 6.07) is 0.914. The summed E-state index contributed by atoms with van der Waals surface area (Å²) < 4.78 is 2.15. The first-order valence-electron chi connectivity index (χ1n) is 8.29. The highest BCUT2D eigenvalue weighted by molar-refractivity contribution is 4.98. The Labute approximate surface area is 133 Å². The molecule has 2 aliphatic rings. The molecule has 3 rings (SSSR count). The Morgan fingerprint density at radius 3 is 2.29 bits per heavy atom. The molecule has 0 bridgehead atoms. The third kappa shape index (κ3) is 3.57. The SMILES string of the molecule is CC(C)C(c1nnnn1C1CCCC1)N1CCCCC1.[Cl-]. The van der Waals surface area contributed by atoms with Gasteiger partial charge >= 0.3 is 0 Å². The molecule has 2 fully saturated rings. The lowest BCUT2D eigenvalue weighted by atomic mass is 9.98. The monoisotopic (exact) mass is 312 g/mol. The normalized spacial score (nSPS) is 22.4. The molecule has 1 aliphatic heterocycles. The molecule has 1 atom stereocenters. The summed E-state index contributed by atoms with van der Waals surface area (Å²) in [4.78, 5) is 2.60. The van der Waals surface area contributed by atoms with E-state index in [1.807, 2.05) is 0 Å². The zero-order valence-corrected chi connectivity index (χ0v) is 14.0. The molecule has 1 unspecified atom stereocenters. The molecular weight excluding hydrogens is 286 g/mol. The van der Waals surface area contributed by atoms with E-state index in [4.69, 9.17) is 0 Å². The van der Waals surface area contributed by atoms with E-state index in [1.165, 1.54) is 58.0 Å². The van der Waals surface area contributed by atoms with Gasteiger partial charge in [0, 0.05) is 0 Å². The molecule has 1 aliphatic carbocycles. The van der Waals surface area contributed by atoms with Crippen LogP contribution >= 0.6 is 0 Å². The highest BCUT2D eigenvalue weighted by Crippen LogP contribution is 2.34. The molecule has 0 spiro atoms. The second-order valence-electron chi connectivity index (χ2n) is 6.71. The number of hydrogen-bond donors (Lipinski definition) is 0. The van der Waals surface area contributed by atoms with Crippen LogP contribution in [0, 0.1) is 5.92 Å². The van der Waals surface area contributed by atoms with E-state index in [2.05, 4.69) is 39.0 Å². The van der Waals surface area contributed by atoms with Crippen molar-refractivity contribution in [2.45, 2.75) is 70.9 Å². The van der Waals surface area contributed by atoms with E-state index < -0.39 is 0 Å². The Balaban J connectivity index is 0.00000161. The van der Waals surface area contributed by atoms with Gasteiger partial charge in [-0.2, -0.15) is 0 Å². The van der Waals surface area contributed by atoms with Gasteiger partial charge in [0.05, 0.1) is 12.1 Å². The van der Waals surface area contributed by atoms with Gasteiger partial charge in [-0.3, -0.25) is 4.90 Å². The highest BCUT2D eigenvalue weighted by atomic mass is 35.5. The first-order chi connectivity index (χ1) is 9.77. The number of likely N-dealkylation sites (tertiary alicyclic amines) is 1. The molecule has 0 aromatic carbocycles. The van der Waals surface area contributed by atoms with E-state index in [1.54, 1.807) is 0 Å². The lowest BCUT2D eigenvalue weighted by Gasteiger charge is -2.36. The number of rotatable bonds is 4. The maximum Gasteiger partial charge on any atom is 0.168 e. The van der Waals surface area contributed by atoms with Gasteiger partial charge in [-0.1, -0.05) is 33.1 Å². The van der Waals surface area contributed by atoms with Crippen LogP contribution < -0.4 is 12.4 Å². The largest absolute Gasteiger partial charge is 1.00 e. The fraction of sp³-hybridized carbons (Fsp3) is 0.933. The topological polar surface area (TPSA) is 46.8 Å². The summed E-state index contributed by atoms with van der Waals surface area (Å²) in [5.41, 5.74) is 0. The summed E-state index contributed by atoms with van der Waals surface area (Å²) in [6.07, 6.45) is 9.11. The number of piperidine rings is 1. The Kier molecular flexibility index (Phi) is 5.99. The van der Waals surface area contributed by atoms with Gasteiger partial charge in [0.2, 0.25) is 0 Å². The fourth-order valence-corrected chi connectivity index (χ4v) is 3.88. The highest BCUT2D eigenvalue weighted by Gasteiger charge is 2.32. The van der Waals surface area contributed by atoms with Gasteiger partial charge in [0.1, 0.15) is 0 Å². The average molecular weight is 313 g/mol. The molecule has 1 saturated heterocycles. The minimum Gasteiger partial charge on any atom is -1.00 e. The fourth-order valence-electron chi connectivity index (χ4n) is 3.88. The third-order valence-corrected chi connectivity index (χ3v) is 4.87. The molecule has 120 valence electrons. The Bertz CT molecular complexity index is 421. The van der Waals surface area contributed by atoms with Gasteiger partial charge in [0.15, 0.2) is 5.82 Å². The molecule has 1 saturated carbocycles. The molecule has 0 radical (unpaired) electrons. The first kappa shape index (κ1) is 16.7. The third-order valence-electron chi connectivity index (χ3n) is 4.87. The van der Waals surface area contributed by atoms with E-state index in [-0.39, 0.29) is 12.4 Å². The van der Waals surface area contributed by atoms with Crippen molar-refractivity contribution in [3.05, 3.63) is 5.82 Å². The number of nitrogens with zero attached hydrogens (tertiary/aromatic N) is 5. The molecule has 0 amide bonds. The van der Waals surface area contributed by atoms with Crippen molar-refractivity contribution >= 4 is 0 Å².